The predicted octanol–water partition coefficient (Wildman–Crippen LogP) is 6.37. The second-order valence-electron chi connectivity index (χ2n) is 7.13. The molecule has 0 aliphatic rings. The molecule has 146 valence electrons. The molecule has 0 fully saturated rings. The largest absolute Gasteiger partial charge is 0.388 e. The van der Waals surface area contributed by atoms with Crippen molar-refractivity contribution < 1.29 is 5.11 Å². The number of fused-ring (bicyclic) bond motifs is 1. The minimum absolute atomic E-state index is 0. The van der Waals surface area contributed by atoms with E-state index in [0.29, 0.717) is 0 Å². The van der Waals surface area contributed by atoms with E-state index in [4.69, 9.17) is 0 Å². The molecule has 0 saturated heterocycles. The first-order chi connectivity index (χ1) is 12.3. The van der Waals surface area contributed by atoms with Crippen LogP contribution in [0.2, 0.25) is 0 Å². The summed E-state index contributed by atoms with van der Waals surface area (Å²) >= 11 is 0. The molecule has 0 aliphatic heterocycles. The van der Waals surface area contributed by atoms with Gasteiger partial charge in [0.05, 0.1) is 6.10 Å². The van der Waals surface area contributed by atoms with Gasteiger partial charge in [0.25, 0.3) is 0 Å². The summed E-state index contributed by atoms with van der Waals surface area (Å²) in [5, 5.41) is 13.2. The number of benzene rings is 2. The number of aliphatic hydroxyl groups excluding tert-OH is 1. The van der Waals surface area contributed by atoms with E-state index < -0.39 is 0 Å². The summed E-state index contributed by atoms with van der Waals surface area (Å²) in [4.78, 5) is 2.56. The van der Waals surface area contributed by atoms with Gasteiger partial charge in [-0.15, -0.1) is 12.4 Å². The van der Waals surface area contributed by atoms with E-state index >= 15 is 0 Å². The van der Waals surface area contributed by atoms with Gasteiger partial charge < -0.3 is 10.0 Å². The molecule has 2 aromatic rings. The summed E-state index contributed by atoms with van der Waals surface area (Å²) in [7, 11) is 0. The fourth-order valence-electron chi connectivity index (χ4n) is 3.51. The lowest BCUT2D eigenvalue weighted by molar-refractivity contribution is 0.141. The first kappa shape index (κ1) is 23.0. The summed E-state index contributed by atoms with van der Waals surface area (Å²) in [5.41, 5.74) is 1.07. The minimum Gasteiger partial charge on any atom is -0.388 e. The molecule has 2 rings (SSSR count). The van der Waals surface area contributed by atoms with Crippen molar-refractivity contribution in [3.05, 3.63) is 48.0 Å². The average molecular weight is 378 g/mol. The molecule has 0 aromatic heterocycles. The van der Waals surface area contributed by atoms with Crippen LogP contribution in [0.4, 0.5) is 0 Å². The Labute approximate surface area is 166 Å². The summed E-state index contributed by atoms with van der Waals surface area (Å²) in [6.45, 7) is 7.83. The Balaban J connectivity index is 0.00000338. The normalized spacial score (nSPS) is 12.3. The highest BCUT2D eigenvalue weighted by Crippen LogP contribution is 2.26. The van der Waals surface area contributed by atoms with Crippen LogP contribution < -0.4 is 0 Å². The Hall–Kier alpha value is -1.09. The molecule has 1 N–H and O–H groups in total. The van der Waals surface area contributed by atoms with E-state index in [1.54, 1.807) is 0 Å². The van der Waals surface area contributed by atoms with E-state index in [2.05, 4.69) is 61.2 Å². The van der Waals surface area contributed by atoms with Gasteiger partial charge in [0, 0.05) is 6.54 Å². The molecule has 2 nitrogen and oxygen atoms in total. The highest BCUT2D eigenvalue weighted by molar-refractivity contribution is 5.86. The van der Waals surface area contributed by atoms with E-state index in [-0.39, 0.29) is 18.5 Å². The van der Waals surface area contributed by atoms with Crippen molar-refractivity contribution in [3.8, 4) is 0 Å². The van der Waals surface area contributed by atoms with Crippen molar-refractivity contribution in [2.24, 2.45) is 0 Å². The monoisotopic (exact) mass is 377 g/mol. The van der Waals surface area contributed by atoms with Crippen molar-refractivity contribution >= 4 is 23.2 Å². The van der Waals surface area contributed by atoms with Crippen LogP contribution in [0.25, 0.3) is 10.8 Å². The third-order valence-electron chi connectivity index (χ3n) is 5.06. The van der Waals surface area contributed by atoms with Crippen LogP contribution in [0.15, 0.2) is 42.5 Å². The Bertz CT molecular complexity index is 601. The summed E-state index contributed by atoms with van der Waals surface area (Å²) in [6, 6.07) is 14.6. The van der Waals surface area contributed by atoms with Crippen LogP contribution in [0, 0.1) is 0 Å². The van der Waals surface area contributed by atoms with Crippen LogP contribution in [-0.2, 0) is 0 Å². The Kier molecular flexibility index (Phi) is 11.6. The lowest BCUT2D eigenvalue weighted by atomic mass is 9.98. The van der Waals surface area contributed by atoms with E-state index in [1.165, 1.54) is 62.4 Å². The minimum atomic E-state index is -0.383. The zero-order chi connectivity index (χ0) is 17.9. The Morgan fingerprint density at radius 1 is 0.808 bits per heavy atom. The number of halogens is 1. The Morgan fingerprint density at radius 3 is 2.08 bits per heavy atom. The standard InChI is InChI=1S/C23H35NO.ClH/c1-3-5-9-17-24(18-10-6-4-2)19-16-23(25)22-15-11-13-20-12-7-8-14-21(20)22;/h7-8,11-15,23,25H,3-6,9-10,16-19H2,1-2H3;1H. The van der Waals surface area contributed by atoms with Gasteiger partial charge in [0.2, 0.25) is 0 Å². The molecule has 0 amide bonds. The quantitative estimate of drug-likeness (QED) is 0.434. The second-order valence-corrected chi connectivity index (χ2v) is 7.13. The summed E-state index contributed by atoms with van der Waals surface area (Å²) in [6.07, 6.45) is 8.10. The van der Waals surface area contributed by atoms with Crippen LogP contribution in [-0.4, -0.2) is 29.6 Å². The highest BCUT2D eigenvalue weighted by atomic mass is 35.5. The average Bonchev–Trinajstić information content (AvgIpc) is 2.65. The third-order valence-corrected chi connectivity index (χ3v) is 5.06. The molecule has 1 unspecified atom stereocenters. The molecule has 0 radical (unpaired) electrons. The molecule has 0 aliphatic carbocycles. The number of hydrogen-bond donors (Lipinski definition) is 1. The number of hydrogen-bond acceptors (Lipinski definition) is 2. The van der Waals surface area contributed by atoms with Gasteiger partial charge in [0.15, 0.2) is 0 Å². The zero-order valence-corrected chi connectivity index (χ0v) is 17.3. The molecule has 0 bridgehead atoms. The molecule has 1 atom stereocenters. The van der Waals surface area contributed by atoms with Crippen molar-refractivity contribution in [2.45, 2.75) is 64.9 Å². The summed E-state index contributed by atoms with van der Waals surface area (Å²) < 4.78 is 0. The molecule has 2 aromatic carbocycles. The smallest absolute Gasteiger partial charge is 0.0808 e. The molecule has 3 heteroatoms. The maximum Gasteiger partial charge on any atom is 0.0808 e. The van der Waals surface area contributed by atoms with Gasteiger partial charge >= 0.3 is 0 Å². The van der Waals surface area contributed by atoms with Gasteiger partial charge in [-0.2, -0.15) is 0 Å². The fraction of sp³-hybridized carbons (Fsp3) is 0.565. The van der Waals surface area contributed by atoms with Crippen LogP contribution in [0.5, 0.6) is 0 Å². The van der Waals surface area contributed by atoms with Crippen molar-refractivity contribution in [2.75, 3.05) is 19.6 Å². The second kappa shape index (κ2) is 13.1. The van der Waals surface area contributed by atoms with Crippen molar-refractivity contribution in [3.63, 3.8) is 0 Å². The van der Waals surface area contributed by atoms with Crippen LogP contribution >= 0.6 is 12.4 Å². The molecular formula is C23H36ClNO. The van der Waals surface area contributed by atoms with E-state index in [1.807, 2.05) is 0 Å². The van der Waals surface area contributed by atoms with Crippen molar-refractivity contribution in [1.29, 1.82) is 0 Å². The molecular weight excluding hydrogens is 342 g/mol. The van der Waals surface area contributed by atoms with E-state index in [9.17, 15) is 5.11 Å². The Morgan fingerprint density at radius 2 is 1.42 bits per heavy atom. The molecule has 0 spiro atoms. The van der Waals surface area contributed by atoms with Gasteiger partial charge in [-0.3, -0.25) is 0 Å². The lowest BCUT2D eigenvalue weighted by Gasteiger charge is -2.24. The molecule has 0 heterocycles. The number of nitrogens with zero attached hydrogens (tertiary/aromatic N) is 1. The number of rotatable bonds is 12. The number of unbranched alkanes of at least 4 members (excludes halogenated alkanes) is 4. The first-order valence-electron chi connectivity index (χ1n) is 10.1. The fourth-order valence-corrected chi connectivity index (χ4v) is 3.51. The van der Waals surface area contributed by atoms with Gasteiger partial charge in [-0.1, -0.05) is 82.0 Å². The summed E-state index contributed by atoms with van der Waals surface area (Å²) in [5.74, 6) is 0. The van der Waals surface area contributed by atoms with Crippen LogP contribution in [0.1, 0.15) is 70.5 Å². The van der Waals surface area contributed by atoms with Gasteiger partial charge in [0.1, 0.15) is 0 Å². The number of aliphatic hydroxyl groups is 1. The topological polar surface area (TPSA) is 23.5 Å². The van der Waals surface area contributed by atoms with Gasteiger partial charge in [-0.05, 0) is 48.7 Å². The highest BCUT2D eigenvalue weighted by Gasteiger charge is 2.13. The predicted molar refractivity (Wildman–Crippen MR) is 116 cm³/mol. The van der Waals surface area contributed by atoms with Gasteiger partial charge in [-0.25, -0.2) is 0 Å². The first-order valence-corrected chi connectivity index (χ1v) is 10.1. The third kappa shape index (κ3) is 7.26. The zero-order valence-electron chi connectivity index (χ0n) is 16.5. The molecule has 0 saturated carbocycles. The van der Waals surface area contributed by atoms with E-state index in [0.717, 1.165) is 18.5 Å². The SMILES string of the molecule is CCCCCN(CCCCC)CCC(O)c1cccc2ccccc12.Cl. The van der Waals surface area contributed by atoms with Crippen molar-refractivity contribution in [1.82, 2.24) is 4.90 Å². The maximum atomic E-state index is 10.8. The van der Waals surface area contributed by atoms with Crippen LogP contribution in [0.3, 0.4) is 0 Å². The lowest BCUT2D eigenvalue weighted by Crippen LogP contribution is -2.28. The molecule has 26 heavy (non-hydrogen) atoms. The maximum absolute atomic E-state index is 10.8.